The monoisotopic (exact) mass is 518 g/mol. The van der Waals surface area contributed by atoms with Gasteiger partial charge in [-0.05, 0) is 91.4 Å². The fourth-order valence-electron chi connectivity index (χ4n) is 9.19. The molecule has 0 aromatic carbocycles. The molecule has 3 saturated carbocycles. The van der Waals surface area contributed by atoms with Crippen LogP contribution in [0.3, 0.4) is 0 Å². The van der Waals surface area contributed by atoms with Gasteiger partial charge in [-0.15, -0.1) is 0 Å². The van der Waals surface area contributed by atoms with E-state index in [0.717, 1.165) is 38.5 Å². The Morgan fingerprint density at radius 3 is 2.59 bits per heavy atom. The molecule has 206 valence electrons. The van der Waals surface area contributed by atoms with Crippen molar-refractivity contribution in [1.29, 1.82) is 0 Å². The lowest BCUT2D eigenvalue weighted by molar-refractivity contribution is -0.316. The fourth-order valence-corrected chi connectivity index (χ4v) is 9.19. The van der Waals surface area contributed by atoms with E-state index in [1.807, 2.05) is 0 Å². The summed E-state index contributed by atoms with van der Waals surface area (Å²) >= 11 is 0. The zero-order valence-electron chi connectivity index (χ0n) is 21.9. The van der Waals surface area contributed by atoms with E-state index < -0.39 is 37.3 Å². The quantitative estimate of drug-likeness (QED) is 0.254. The maximum absolute atomic E-state index is 11.8. The van der Waals surface area contributed by atoms with Crippen LogP contribution in [0.4, 0.5) is 0 Å². The summed E-state index contributed by atoms with van der Waals surface area (Å²) < 4.78 is 17.1. The second-order valence-corrected chi connectivity index (χ2v) is 13.0. The Morgan fingerprint density at radius 1 is 1.05 bits per heavy atom. The number of aliphatic hydroxyl groups excluding tert-OH is 4. The minimum absolute atomic E-state index is 0.0909. The third-order valence-electron chi connectivity index (χ3n) is 11.3. The summed E-state index contributed by atoms with van der Waals surface area (Å²) in [7, 11) is 0. The van der Waals surface area contributed by atoms with E-state index in [2.05, 4.69) is 19.9 Å². The van der Waals surface area contributed by atoms with Gasteiger partial charge in [-0.3, -0.25) is 0 Å². The highest BCUT2D eigenvalue weighted by Gasteiger charge is 2.58. The predicted octanol–water partition coefficient (Wildman–Crippen LogP) is 2.23. The Hall–Kier alpha value is -1.29. The van der Waals surface area contributed by atoms with Crippen molar-refractivity contribution in [3.8, 4) is 0 Å². The Morgan fingerprint density at radius 2 is 1.86 bits per heavy atom. The molecule has 12 atom stereocenters. The molecule has 1 saturated heterocycles. The highest BCUT2D eigenvalue weighted by molar-refractivity contribution is 5.85. The first-order chi connectivity index (χ1) is 17.7. The average molecular weight is 519 g/mol. The molecule has 0 radical (unpaired) electrons. The van der Waals surface area contributed by atoms with Crippen molar-refractivity contribution in [2.24, 2.45) is 34.5 Å². The zero-order chi connectivity index (χ0) is 26.1. The van der Waals surface area contributed by atoms with Gasteiger partial charge in [-0.2, -0.15) is 0 Å². The maximum Gasteiger partial charge on any atom is 0.331 e. The van der Waals surface area contributed by atoms with E-state index in [0.29, 0.717) is 30.3 Å². The fraction of sp³-hybridized carbons (Fsp3) is 0.828. The van der Waals surface area contributed by atoms with Gasteiger partial charge < -0.3 is 34.6 Å². The van der Waals surface area contributed by atoms with Crippen LogP contribution in [-0.4, -0.2) is 76.4 Å². The second-order valence-electron chi connectivity index (χ2n) is 13.0. The van der Waals surface area contributed by atoms with Crippen molar-refractivity contribution >= 4 is 5.97 Å². The van der Waals surface area contributed by atoms with Gasteiger partial charge in [0.1, 0.15) is 31.0 Å². The van der Waals surface area contributed by atoms with Crippen LogP contribution in [0.15, 0.2) is 23.3 Å². The van der Waals surface area contributed by atoms with Crippen LogP contribution < -0.4 is 0 Å². The van der Waals surface area contributed by atoms with Gasteiger partial charge in [0.25, 0.3) is 0 Å². The summed E-state index contributed by atoms with van der Waals surface area (Å²) in [4.78, 5) is 11.8. The van der Waals surface area contributed by atoms with Crippen LogP contribution in [0.5, 0.6) is 0 Å². The molecule has 0 spiro atoms. The highest BCUT2D eigenvalue weighted by Crippen LogP contribution is 2.66. The number of hydrogen-bond acceptors (Lipinski definition) is 8. The number of hydrogen-bond donors (Lipinski definition) is 4. The Labute approximate surface area is 218 Å². The standard InChI is InChI=1S/C29H42O8/c1-28-9-7-17(36-27-26(34)25(33)24(32)22(13-30)37-27)12-16(28)3-4-18-20-6-5-19(15-11-23(31)35-14-15)29(20,2)10-8-21(18)28/h6,11,16-19,21-22,24-27,30,32-34H,3-5,7-10,12-14H2,1-2H3/t16-,17-,18-,19+,21-,22?,24+,25?,26-,27+,28-,29+/m0/s1. The van der Waals surface area contributed by atoms with E-state index >= 15 is 0 Å². The summed E-state index contributed by atoms with van der Waals surface area (Å²) in [6.07, 6.45) is 6.43. The maximum atomic E-state index is 11.8. The lowest BCUT2D eigenvalue weighted by Crippen LogP contribution is -2.60. The molecule has 6 rings (SSSR count). The molecule has 8 nitrogen and oxygen atoms in total. The molecule has 0 amide bonds. The minimum Gasteiger partial charge on any atom is -0.458 e. The highest BCUT2D eigenvalue weighted by atomic mass is 16.7. The third-order valence-corrected chi connectivity index (χ3v) is 11.3. The van der Waals surface area contributed by atoms with Crippen LogP contribution in [-0.2, 0) is 19.0 Å². The van der Waals surface area contributed by atoms with Crippen LogP contribution >= 0.6 is 0 Å². The number of esters is 1. The van der Waals surface area contributed by atoms with E-state index in [1.165, 1.54) is 18.4 Å². The van der Waals surface area contributed by atoms with Crippen LogP contribution in [0.1, 0.15) is 65.2 Å². The third kappa shape index (κ3) is 4.05. The normalized spacial score (nSPS) is 51.5. The van der Waals surface area contributed by atoms with Gasteiger partial charge in [-0.25, -0.2) is 4.79 Å². The van der Waals surface area contributed by atoms with Crippen LogP contribution in [0, 0.1) is 34.5 Å². The van der Waals surface area contributed by atoms with Gasteiger partial charge >= 0.3 is 5.97 Å². The number of allylic oxidation sites excluding steroid dienone is 2. The lowest BCUT2D eigenvalue weighted by Gasteiger charge is -2.60. The summed E-state index contributed by atoms with van der Waals surface area (Å²) in [5.41, 5.74) is 3.13. The topological polar surface area (TPSA) is 126 Å². The smallest absolute Gasteiger partial charge is 0.331 e. The van der Waals surface area contributed by atoms with Crippen molar-refractivity contribution < 1.29 is 39.4 Å². The van der Waals surface area contributed by atoms with Crippen molar-refractivity contribution in [2.45, 2.75) is 102 Å². The molecule has 37 heavy (non-hydrogen) atoms. The molecule has 4 fully saturated rings. The van der Waals surface area contributed by atoms with Crippen LogP contribution in [0.2, 0.25) is 0 Å². The van der Waals surface area contributed by atoms with Gasteiger partial charge in [-0.1, -0.05) is 25.5 Å². The number of cyclic esters (lactones) is 1. The summed E-state index contributed by atoms with van der Waals surface area (Å²) in [6, 6.07) is 0. The van der Waals surface area contributed by atoms with Gasteiger partial charge in [0.2, 0.25) is 0 Å². The molecule has 2 aliphatic heterocycles. The Kier molecular flexibility index (Phi) is 6.61. The number of aliphatic hydroxyl groups is 4. The van der Waals surface area contributed by atoms with E-state index in [1.54, 1.807) is 11.6 Å². The minimum atomic E-state index is -1.41. The molecular weight excluding hydrogens is 476 g/mol. The van der Waals surface area contributed by atoms with E-state index in [4.69, 9.17) is 14.2 Å². The van der Waals surface area contributed by atoms with Crippen molar-refractivity contribution in [1.82, 2.24) is 0 Å². The molecule has 6 aliphatic rings. The molecule has 2 unspecified atom stereocenters. The first-order valence-corrected chi connectivity index (χ1v) is 14.2. The summed E-state index contributed by atoms with van der Waals surface area (Å²) in [5, 5.41) is 40.2. The van der Waals surface area contributed by atoms with Crippen molar-refractivity contribution in [3.63, 3.8) is 0 Å². The first-order valence-electron chi connectivity index (χ1n) is 14.2. The summed E-state index contributed by atoms with van der Waals surface area (Å²) in [5.74, 6) is 1.92. The molecule has 8 heteroatoms. The number of carbonyl (C=O) groups excluding carboxylic acids is 1. The van der Waals surface area contributed by atoms with Gasteiger partial charge in [0, 0.05) is 6.08 Å². The SMILES string of the molecule is C[C@]12CC[C@H](O[C@@H]3OC(CO)[C@@H](O)C(O)[C@@H]3O)C[C@@H]1CC[C@H]1C3=CC[C@H](C4=CC(=O)OC4)[C@@]3(C)CC[C@@H]12. The largest absolute Gasteiger partial charge is 0.458 e. The zero-order valence-corrected chi connectivity index (χ0v) is 21.9. The van der Waals surface area contributed by atoms with Gasteiger partial charge in [0.15, 0.2) is 6.29 Å². The average Bonchev–Trinajstić information content (AvgIpc) is 3.46. The molecule has 4 N–H and O–H groups in total. The first kappa shape index (κ1) is 26.0. The van der Waals surface area contributed by atoms with Crippen LogP contribution in [0.25, 0.3) is 0 Å². The van der Waals surface area contributed by atoms with E-state index in [-0.39, 0.29) is 22.9 Å². The molecule has 4 aliphatic carbocycles. The molecule has 0 aromatic heterocycles. The number of ether oxygens (including phenoxy) is 3. The predicted molar refractivity (Wildman–Crippen MR) is 133 cm³/mol. The number of fused-ring (bicyclic) bond motifs is 5. The van der Waals surface area contributed by atoms with E-state index in [9.17, 15) is 25.2 Å². The molecule has 0 aromatic rings. The molecule has 0 bridgehead atoms. The van der Waals surface area contributed by atoms with Crippen molar-refractivity contribution in [3.05, 3.63) is 23.3 Å². The van der Waals surface area contributed by atoms with Gasteiger partial charge in [0.05, 0.1) is 12.7 Å². The molecular formula is C29H42O8. The Balaban J connectivity index is 1.13. The summed E-state index contributed by atoms with van der Waals surface area (Å²) in [6.45, 7) is 4.88. The second kappa shape index (κ2) is 9.42. The lowest BCUT2D eigenvalue weighted by atomic mass is 9.45. The number of rotatable bonds is 4. The number of carbonyl (C=O) groups is 1. The molecule has 2 heterocycles. The Bertz CT molecular complexity index is 975. The van der Waals surface area contributed by atoms with Crippen molar-refractivity contribution in [2.75, 3.05) is 13.2 Å².